The van der Waals surface area contributed by atoms with Gasteiger partial charge in [0.15, 0.2) is 0 Å². The minimum Gasteiger partial charge on any atom is -0.496 e. The van der Waals surface area contributed by atoms with Crippen LogP contribution in [0.15, 0.2) is 36.7 Å². The highest BCUT2D eigenvalue weighted by Gasteiger charge is 2.15. The van der Waals surface area contributed by atoms with Crippen LogP contribution in [0.1, 0.15) is 37.4 Å². The maximum atomic E-state index is 5.46. The van der Waals surface area contributed by atoms with Crippen molar-refractivity contribution in [2.24, 2.45) is 0 Å². The van der Waals surface area contributed by atoms with Crippen molar-refractivity contribution >= 4 is 0 Å². The molecule has 1 atom stereocenters. The molecule has 0 saturated carbocycles. The lowest BCUT2D eigenvalue weighted by atomic mass is 10.0. The van der Waals surface area contributed by atoms with Crippen molar-refractivity contribution < 1.29 is 4.74 Å². The largest absolute Gasteiger partial charge is 0.496 e. The Balaban J connectivity index is 2.19. The van der Waals surface area contributed by atoms with Gasteiger partial charge in [-0.15, -0.1) is 0 Å². The smallest absolute Gasteiger partial charge is 0.122 e. The van der Waals surface area contributed by atoms with Crippen LogP contribution in [-0.4, -0.2) is 23.4 Å². The molecule has 0 radical (unpaired) electrons. The lowest BCUT2D eigenvalue weighted by Crippen LogP contribution is -2.24. The molecule has 0 aliphatic carbocycles. The first-order valence-electron chi connectivity index (χ1n) is 7.66. The lowest BCUT2D eigenvalue weighted by Gasteiger charge is -2.18. The molecule has 0 amide bonds. The maximum Gasteiger partial charge on any atom is 0.122 e. The summed E-state index contributed by atoms with van der Waals surface area (Å²) in [6.07, 6.45) is 6.11. The maximum absolute atomic E-state index is 5.46. The highest BCUT2D eigenvalue weighted by atomic mass is 16.5. The van der Waals surface area contributed by atoms with E-state index in [4.69, 9.17) is 4.74 Å². The Labute approximate surface area is 127 Å². The molecule has 0 saturated heterocycles. The quantitative estimate of drug-likeness (QED) is 0.810. The number of methoxy groups -OCH3 is 1. The number of nitrogens with one attached hydrogen (secondary N) is 1. The summed E-state index contributed by atoms with van der Waals surface area (Å²) in [6, 6.07) is 8.48. The van der Waals surface area contributed by atoms with E-state index in [-0.39, 0.29) is 6.04 Å². The standard InChI is InChI=1S/C17H25N3O/c1-4-10-18-16(15-12-19-20(5-2)13-15)11-14-8-6-7-9-17(14)21-3/h6-9,12-13,16,18H,4-5,10-11H2,1-3H3. The summed E-state index contributed by atoms with van der Waals surface area (Å²) in [4.78, 5) is 0. The first kappa shape index (κ1) is 15.6. The number of hydrogen-bond donors (Lipinski definition) is 1. The van der Waals surface area contributed by atoms with Gasteiger partial charge in [-0.3, -0.25) is 4.68 Å². The van der Waals surface area contributed by atoms with Crippen LogP contribution in [0.2, 0.25) is 0 Å². The van der Waals surface area contributed by atoms with Crippen LogP contribution in [0.3, 0.4) is 0 Å². The number of aryl methyl sites for hydroxylation is 1. The van der Waals surface area contributed by atoms with Gasteiger partial charge in [0, 0.05) is 24.3 Å². The molecule has 0 bridgehead atoms. The fraction of sp³-hybridized carbons (Fsp3) is 0.471. The van der Waals surface area contributed by atoms with Crippen LogP contribution in [0.25, 0.3) is 0 Å². The molecule has 0 aliphatic rings. The number of ether oxygens (including phenoxy) is 1. The zero-order chi connectivity index (χ0) is 15.1. The molecule has 114 valence electrons. The first-order valence-corrected chi connectivity index (χ1v) is 7.66. The van der Waals surface area contributed by atoms with Crippen molar-refractivity contribution in [3.8, 4) is 5.75 Å². The van der Waals surface area contributed by atoms with E-state index in [0.29, 0.717) is 0 Å². The fourth-order valence-corrected chi connectivity index (χ4v) is 2.45. The zero-order valence-electron chi connectivity index (χ0n) is 13.2. The van der Waals surface area contributed by atoms with E-state index in [1.54, 1.807) is 7.11 Å². The number of hydrogen-bond acceptors (Lipinski definition) is 3. The molecule has 0 spiro atoms. The third-order valence-electron chi connectivity index (χ3n) is 3.64. The van der Waals surface area contributed by atoms with Gasteiger partial charge in [-0.1, -0.05) is 25.1 Å². The molecule has 1 aromatic heterocycles. The second-order valence-corrected chi connectivity index (χ2v) is 5.15. The fourth-order valence-electron chi connectivity index (χ4n) is 2.45. The SMILES string of the molecule is CCCNC(Cc1ccccc1OC)c1cnn(CC)c1. The number of benzene rings is 1. The van der Waals surface area contributed by atoms with Gasteiger partial charge >= 0.3 is 0 Å². The van der Waals surface area contributed by atoms with E-state index in [1.165, 1.54) is 11.1 Å². The van der Waals surface area contributed by atoms with Crippen LogP contribution in [0.5, 0.6) is 5.75 Å². The Hall–Kier alpha value is -1.81. The summed E-state index contributed by atoms with van der Waals surface area (Å²) >= 11 is 0. The summed E-state index contributed by atoms with van der Waals surface area (Å²) in [5, 5.41) is 8.01. The van der Waals surface area contributed by atoms with Crippen LogP contribution < -0.4 is 10.1 Å². The summed E-state index contributed by atoms with van der Waals surface area (Å²) in [5.74, 6) is 0.948. The third-order valence-corrected chi connectivity index (χ3v) is 3.64. The van der Waals surface area contributed by atoms with Crippen LogP contribution in [0, 0.1) is 0 Å². The Morgan fingerprint density at radius 2 is 2.10 bits per heavy atom. The minimum absolute atomic E-state index is 0.265. The van der Waals surface area contributed by atoms with Crippen molar-refractivity contribution in [1.82, 2.24) is 15.1 Å². The van der Waals surface area contributed by atoms with Crippen molar-refractivity contribution in [2.75, 3.05) is 13.7 Å². The van der Waals surface area contributed by atoms with Gasteiger partial charge in [-0.25, -0.2) is 0 Å². The number of aromatic nitrogens is 2. The molecular formula is C17H25N3O. The topological polar surface area (TPSA) is 39.1 Å². The monoisotopic (exact) mass is 287 g/mol. The minimum atomic E-state index is 0.265. The van der Waals surface area contributed by atoms with E-state index in [9.17, 15) is 0 Å². The van der Waals surface area contributed by atoms with Crippen molar-refractivity contribution in [2.45, 2.75) is 39.3 Å². The Morgan fingerprint density at radius 1 is 1.29 bits per heavy atom. The predicted molar refractivity (Wildman–Crippen MR) is 85.6 cm³/mol. The van der Waals surface area contributed by atoms with E-state index in [1.807, 2.05) is 23.0 Å². The lowest BCUT2D eigenvalue weighted by molar-refractivity contribution is 0.405. The first-order chi connectivity index (χ1) is 10.3. The van der Waals surface area contributed by atoms with Gasteiger partial charge in [0.05, 0.1) is 13.3 Å². The Kier molecular flexibility index (Phi) is 5.81. The molecule has 4 nitrogen and oxygen atoms in total. The highest BCUT2D eigenvalue weighted by Crippen LogP contribution is 2.24. The van der Waals surface area contributed by atoms with Gasteiger partial charge in [0.25, 0.3) is 0 Å². The molecule has 1 aromatic carbocycles. The van der Waals surface area contributed by atoms with Crippen molar-refractivity contribution in [3.05, 3.63) is 47.8 Å². The molecule has 2 rings (SSSR count). The molecule has 21 heavy (non-hydrogen) atoms. The summed E-state index contributed by atoms with van der Waals surface area (Å²) in [6.45, 7) is 6.18. The number of nitrogens with zero attached hydrogens (tertiary/aromatic N) is 2. The second-order valence-electron chi connectivity index (χ2n) is 5.15. The average Bonchev–Trinajstić information content (AvgIpc) is 3.00. The predicted octanol–water partition coefficient (Wildman–Crippen LogP) is 3.20. The van der Waals surface area contributed by atoms with Gasteiger partial charge in [-0.05, 0) is 37.9 Å². The van der Waals surface area contributed by atoms with Crippen molar-refractivity contribution in [3.63, 3.8) is 0 Å². The van der Waals surface area contributed by atoms with Gasteiger partial charge in [0.2, 0.25) is 0 Å². The van der Waals surface area contributed by atoms with Gasteiger partial charge in [-0.2, -0.15) is 5.10 Å². The molecule has 1 N–H and O–H groups in total. The van der Waals surface area contributed by atoms with Crippen LogP contribution in [-0.2, 0) is 13.0 Å². The zero-order valence-corrected chi connectivity index (χ0v) is 13.2. The molecule has 1 unspecified atom stereocenters. The average molecular weight is 287 g/mol. The van der Waals surface area contributed by atoms with E-state index in [0.717, 1.165) is 31.7 Å². The van der Waals surface area contributed by atoms with Crippen molar-refractivity contribution in [1.29, 1.82) is 0 Å². The summed E-state index contributed by atoms with van der Waals surface area (Å²) < 4.78 is 7.43. The normalized spacial score (nSPS) is 12.3. The molecule has 1 heterocycles. The summed E-state index contributed by atoms with van der Waals surface area (Å²) in [5.41, 5.74) is 2.45. The Morgan fingerprint density at radius 3 is 2.76 bits per heavy atom. The molecule has 0 fully saturated rings. The summed E-state index contributed by atoms with van der Waals surface area (Å²) in [7, 11) is 1.72. The van der Waals surface area contributed by atoms with Gasteiger partial charge < -0.3 is 10.1 Å². The molecule has 2 aromatic rings. The highest BCUT2D eigenvalue weighted by molar-refractivity contribution is 5.34. The van der Waals surface area contributed by atoms with E-state index in [2.05, 4.69) is 42.6 Å². The van der Waals surface area contributed by atoms with E-state index < -0.39 is 0 Å². The second kappa shape index (κ2) is 7.84. The Bertz CT molecular complexity index is 550. The third kappa shape index (κ3) is 4.08. The van der Waals surface area contributed by atoms with E-state index >= 15 is 0 Å². The number of para-hydroxylation sites is 1. The van der Waals surface area contributed by atoms with Crippen LogP contribution in [0.4, 0.5) is 0 Å². The molecular weight excluding hydrogens is 262 g/mol. The van der Waals surface area contributed by atoms with Gasteiger partial charge in [0.1, 0.15) is 5.75 Å². The number of rotatable bonds is 8. The molecule has 0 aliphatic heterocycles. The molecule has 4 heteroatoms. The van der Waals surface area contributed by atoms with Crippen LogP contribution >= 0.6 is 0 Å².